The van der Waals surface area contributed by atoms with E-state index in [4.69, 9.17) is 15.2 Å². The number of aromatic nitrogens is 4. The molecule has 2 aromatic carbocycles. The first-order valence-corrected chi connectivity index (χ1v) is 14.0. The highest BCUT2D eigenvalue weighted by atomic mass is 16.5. The molecule has 11 heteroatoms. The Bertz CT molecular complexity index is 1970. The van der Waals surface area contributed by atoms with Crippen LogP contribution < -0.4 is 29.4 Å². The average Bonchev–Trinajstić information content (AvgIpc) is 3.55. The summed E-state index contributed by atoms with van der Waals surface area (Å²) in [6, 6.07) is 27.4. The number of pyridine rings is 2. The predicted molar refractivity (Wildman–Crippen MR) is 169 cm³/mol. The highest BCUT2D eigenvalue weighted by Crippen LogP contribution is 2.15. The largest absolute Gasteiger partial charge is 0.485 e. The van der Waals surface area contributed by atoms with Gasteiger partial charge in [-0.15, -0.1) is 5.10 Å². The zero-order chi connectivity index (χ0) is 30.3. The van der Waals surface area contributed by atoms with E-state index in [-0.39, 0.29) is 5.96 Å². The molecule has 6 aromatic rings. The number of fused-ring (bicyclic) bond motifs is 2. The van der Waals surface area contributed by atoms with Crippen LogP contribution in [0.15, 0.2) is 125 Å². The number of nitrogens with zero attached hydrogens (tertiary/aromatic N) is 7. The standard InChI is InChI=1S/C33H33N9O2/c1-39-27(21-41-17-5-3-7-31(39)41)23-43-29-13-9-25(10-14-29)19-35-37-33(34)38-36-20-26-11-15-30(16-12-26)44-24-28-22-42-18-6-4-8-32(42)40(28)2/h3-22H,23-24H2,1-2H3,(H3,34,37,38)/q+2/b35-19-,36-20+. The second-order valence-corrected chi connectivity index (χ2v) is 10.1. The van der Waals surface area contributed by atoms with Gasteiger partial charge >= 0.3 is 0 Å². The zero-order valence-corrected chi connectivity index (χ0v) is 24.5. The van der Waals surface area contributed by atoms with Crippen LogP contribution in [0.1, 0.15) is 22.5 Å². The van der Waals surface area contributed by atoms with Gasteiger partial charge in [-0.05, 0) is 71.8 Å². The van der Waals surface area contributed by atoms with Gasteiger partial charge in [-0.3, -0.25) is 0 Å². The third-order valence-electron chi connectivity index (χ3n) is 7.16. The number of aryl methyl sites for hydroxylation is 2. The molecule has 4 aromatic heterocycles. The summed E-state index contributed by atoms with van der Waals surface area (Å²) in [6.07, 6.45) is 11.4. The Morgan fingerprint density at radius 3 is 1.73 bits per heavy atom. The second-order valence-electron chi connectivity index (χ2n) is 10.1. The summed E-state index contributed by atoms with van der Waals surface area (Å²) in [7, 11) is 4.06. The van der Waals surface area contributed by atoms with Crippen LogP contribution in [-0.4, -0.2) is 27.5 Å². The monoisotopic (exact) mass is 587 g/mol. The molecule has 0 bridgehead atoms. The molecule has 0 amide bonds. The summed E-state index contributed by atoms with van der Waals surface area (Å²) in [4.78, 5) is 0. The Morgan fingerprint density at radius 2 is 1.23 bits per heavy atom. The maximum atomic E-state index is 5.97. The van der Waals surface area contributed by atoms with E-state index >= 15 is 0 Å². The van der Waals surface area contributed by atoms with Crippen molar-refractivity contribution in [3.63, 3.8) is 0 Å². The fourth-order valence-corrected chi connectivity index (χ4v) is 4.71. The molecule has 11 nitrogen and oxygen atoms in total. The van der Waals surface area contributed by atoms with Gasteiger partial charge in [-0.1, -0.05) is 12.1 Å². The number of hydrogen-bond acceptors (Lipinski definition) is 5. The molecular formula is C33H33N9O2+2. The van der Waals surface area contributed by atoms with Gasteiger partial charge in [0.1, 0.15) is 23.9 Å². The van der Waals surface area contributed by atoms with Crippen LogP contribution in [-0.2, 0) is 27.3 Å². The van der Waals surface area contributed by atoms with Gasteiger partial charge < -0.3 is 15.2 Å². The number of hydrogen-bond donors (Lipinski definition) is 2. The number of benzene rings is 2. The van der Waals surface area contributed by atoms with E-state index in [1.807, 2.05) is 99.3 Å². The number of imidazole rings is 2. The molecule has 0 atom stereocenters. The second kappa shape index (κ2) is 12.9. The average molecular weight is 588 g/mol. The van der Waals surface area contributed by atoms with Crippen LogP contribution >= 0.6 is 0 Å². The minimum atomic E-state index is 0.0676. The van der Waals surface area contributed by atoms with Crippen molar-refractivity contribution in [3.8, 4) is 11.5 Å². The highest BCUT2D eigenvalue weighted by molar-refractivity contribution is 5.84. The number of rotatable bonds is 10. The summed E-state index contributed by atoms with van der Waals surface area (Å²) in [5.74, 6) is 1.60. The third kappa shape index (κ3) is 6.57. The normalized spacial score (nSPS) is 12.1. The van der Waals surface area contributed by atoms with Gasteiger partial charge in [0.2, 0.25) is 5.96 Å². The number of hydrazone groups is 1. The van der Waals surface area contributed by atoms with Crippen molar-refractivity contribution >= 4 is 29.7 Å². The van der Waals surface area contributed by atoms with Gasteiger partial charge in [0.15, 0.2) is 24.6 Å². The molecular weight excluding hydrogens is 554 g/mol. The summed E-state index contributed by atoms with van der Waals surface area (Å²) in [6.45, 7) is 0.922. The molecule has 0 radical (unpaired) electrons. The lowest BCUT2D eigenvalue weighted by molar-refractivity contribution is -0.511. The van der Waals surface area contributed by atoms with Crippen LogP contribution in [0.25, 0.3) is 11.3 Å². The maximum absolute atomic E-state index is 5.97. The Hall–Kier alpha value is -5.97. The fourth-order valence-electron chi connectivity index (χ4n) is 4.71. The molecule has 4 heterocycles. The Labute approximate surface area is 254 Å². The van der Waals surface area contributed by atoms with Crippen molar-refractivity contribution in [2.45, 2.75) is 13.2 Å². The minimum Gasteiger partial charge on any atom is -0.485 e. The summed E-state index contributed by atoms with van der Waals surface area (Å²) < 4.78 is 20.3. The van der Waals surface area contributed by atoms with E-state index in [9.17, 15) is 0 Å². The lowest BCUT2D eigenvalue weighted by Crippen LogP contribution is -2.26. The number of guanidine groups is 1. The Kier molecular flexibility index (Phi) is 8.26. The molecule has 44 heavy (non-hydrogen) atoms. The van der Waals surface area contributed by atoms with Crippen LogP contribution in [0.5, 0.6) is 11.5 Å². The molecule has 0 spiro atoms. The molecule has 0 saturated heterocycles. The Balaban J connectivity index is 0.951. The molecule has 0 aliphatic heterocycles. The van der Waals surface area contributed by atoms with Crippen molar-refractivity contribution in [2.75, 3.05) is 0 Å². The van der Waals surface area contributed by atoms with Crippen molar-refractivity contribution < 1.29 is 18.3 Å². The predicted octanol–water partition coefficient (Wildman–Crippen LogP) is 3.27. The van der Waals surface area contributed by atoms with Gasteiger partial charge in [0.25, 0.3) is 11.3 Å². The SMILES string of the molecule is Cn1c(COc2ccc(/C=N\N=C(N)N/N=C/c3ccc(OCc4c[n+]5ccccc5n4C)cc3)cc2)c[n+]2ccccc12. The van der Waals surface area contributed by atoms with Crippen molar-refractivity contribution in [1.29, 1.82) is 0 Å². The van der Waals surface area contributed by atoms with E-state index < -0.39 is 0 Å². The van der Waals surface area contributed by atoms with Crippen LogP contribution in [0.3, 0.4) is 0 Å². The molecule has 0 aliphatic carbocycles. The van der Waals surface area contributed by atoms with Crippen LogP contribution in [0.4, 0.5) is 0 Å². The van der Waals surface area contributed by atoms with E-state index in [2.05, 4.69) is 63.2 Å². The van der Waals surface area contributed by atoms with Crippen LogP contribution in [0, 0.1) is 0 Å². The minimum absolute atomic E-state index is 0.0676. The molecule has 3 N–H and O–H groups in total. The first-order chi connectivity index (χ1) is 21.5. The molecule has 6 rings (SSSR count). The fraction of sp³-hybridized carbons (Fsp3) is 0.121. The van der Waals surface area contributed by atoms with Crippen molar-refractivity contribution in [1.82, 2.24) is 14.6 Å². The van der Waals surface area contributed by atoms with E-state index in [0.717, 1.165) is 45.3 Å². The molecule has 0 fully saturated rings. The summed E-state index contributed by atoms with van der Waals surface area (Å²) in [5, 5.41) is 12.1. The Morgan fingerprint density at radius 1 is 0.727 bits per heavy atom. The summed E-state index contributed by atoms with van der Waals surface area (Å²) in [5.41, 5.74) is 14.6. The van der Waals surface area contributed by atoms with E-state index in [1.54, 1.807) is 12.4 Å². The molecule has 0 saturated carbocycles. The number of ether oxygens (including phenoxy) is 2. The third-order valence-corrected chi connectivity index (χ3v) is 7.16. The first kappa shape index (κ1) is 28.2. The lowest BCUT2D eigenvalue weighted by Gasteiger charge is -2.04. The highest BCUT2D eigenvalue weighted by Gasteiger charge is 2.15. The molecule has 0 unspecified atom stereocenters. The number of nitrogens with one attached hydrogen (secondary N) is 1. The van der Waals surface area contributed by atoms with Gasteiger partial charge in [-0.25, -0.2) is 23.4 Å². The maximum Gasteiger partial charge on any atom is 0.286 e. The van der Waals surface area contributed by atoms with E-state index in [0.29, 0.717) is 13.2 Å². The smallest absolute Gasteiger partial charge is 0.286 e. The lowest BCUT2D eigenvalue weighted by atomic mass is 10.2. The quantitative estimate of drug-likeness (QED) is 0.111. The van der Waals surface area contributed by atoms with Gasteiger partial charge in [-0.2, -0.15) is 10.2 Å². The van der Waals surface area contributed by atoms with Gasteiger partial charge in [0.05, 0.1) is 38.9 Å². The first-order valence-electron chi connectivity index (χ1n) is 14.0. The van der Waals surface area contributed by atoms with E-state index in [1.165, 1.54) is 0 Å². The number of nitrogens with two attached hydrogens (primary N) is 1. The zero-order valence-electron chi connectivity index (χ0n) is 24.5. The van der Waals surface area contributed by atoms with Gasteiger partial charge in [0, 0.05) is 12.1 Å². The van der Waals surface area contributed by atoms with Crippen molar-refractivity contribution in [2.24, 2.45) is 35.1 Å². The van der Waals surface area contributed by atoms with Crippen LogP contribution in [0.2, 0.25) is 0 Å². The molecule has 0 aliphatic rings. The van der Waals surface area contributed by atoms with Crippen molar-refractivity contribution in [3.05, 3.63) is 132 Å². The summed E-state index contributed by atoms with van der Waals surface area (Å²) >= 11 is 0. The topological polar surface area (TPSA) is 112 Å². The molecule has 220 valence electrons.